The van der Waals surface area contributed by atoms with Crippen molar-refractivity contribution in [2.45, 2.75) is 13.0 Å². The molecule has 0 radical (unpaired) electrons. The van der Waals surface area contributed by atoms with E-state index in [2.05, 4.69) is 5.32 Å². The standard InChI is InChI=1S/C11H17FN2O2/c1-7(15-2)6-14-10-5-11(16-3)9(13)4-8(10)12/h4-5,7,14H,6,13H2,1-3H3. The molecule has 0 aliphatic carbocycles. The van der Waals surface area contributed by atoms with E-state index in [1.165, 1.54) is 19.2 Å². The molecule has 1 rings (SSSR count). The number of nitrogens with two attached hydrogens (primary N) is 1. The summed E-state index contributed by atoms with van der Waals surface area (Å²) in [4.78, 5) is 0. The van der Waals surface area contributed by atoms with Crippen molar-refractivity contribution in [2.24, 2.45) is 0 Å². The second-order valence-corrected chi connectivity index (χ2v) is 3.50. The van der Waals surface area contributed by atoms with E-state index >= 15 is 0 Å². The van der Waals surface area contributed by atoms with Gasteiger partial charge in [0, 0.05) is 25.8 Å². The van der Waals surface area contributed by atoms with Crippen LogP contribution in [-0.2, 0) is 4.74 Å². The molecule has 4 nitrogen and oxygen atoms in total. The number of methoxy groups -OCH3 is 2. The lowest BCUT2D eigenvalue weighted by Gasteiger charge is -2.14. The lowest BCUT2D eigenvalue weighted by Crippen LogP contribution is -2.18. The number of anilines is 2. The van der Waals surface area contributed by atoms with E-state index in [1.54, 1.807) is 7.11 Å². The Morgan fingerprint density at radius 1 is 1.44 bits per heavy atom. The molecule has 0 bridgehead atoms. The highest BCUT2D eigenvalue weighted by Gasteiger charge is 2.09. The molecule has 0 saturated carbocycles. The molecule has 16 heavy (non-hydrogen) atoms. The molecule has 0 aliphatic heterocycles. The second kappa shape index (κ2) is 5.55. The van der Waals surface area contributed by atoms with Crippen LogP contribution in [0.4, 0.5) is 15.8 Å². The van der Waals surface area contributed by atoms with Crippen LogP contribution in [0.15, 0.2) is 12.1 Å². The normalized spacial score (nSPS) is 12.2. The number of ether oxygens (including phenoxy) is 2. The molecule has 1 unspecified atom stereocenters. The van der Waals surface area contributed by atoms with Gasteiger partial charge in [0.1, 0.15) is 11.6 Å². The van der Waals surface area contributed by atoms with Crippen molar-refractivity contribution in [2.75, 3.05) is 31.8 Å². The van der Waals surface area contributed by atoms with Gasteiger partial charge in [-0.05, 0) is 6.92 Å². The van der Waals surface area contributed by atoms with Gasteiger partial charge in [-0.25, -0.2) is 4.39 Å². The lowest BCUT2D eigenvalue weighted by atomic mass is 10.2. The molecule has 0 amide bonds. The summed E-state index contributed by atoms with van der Waals surface area (Å²) in [5.74, 6) is 0.0515. The number of benzene rings is 1. The van der Waals surface area contributed by atoms with Crippen LogP contribution in [0.1, 0.15) is 6.92 Å². The maximum Gasteiger partial charge on any atom is 0.148 e. The van der Waals surface area contributed by atoms with Gasteiger partial charge in [-0.1, -0.05) is 0 Å². The van der Waals surface area contributed by atoms with E-state index < -0.39 is 5.82 Å². The SMILES string of the molecule is COc1cc(NCC(C)OC)c(F)cc1N. The van der Waals surface area contributed by atoms with Crippen LogP contribution in [-0.4, -0.2) is 26.9 Å². The van der Waals surface area contributed by atoms with Crippen molar-refractivity contribution in [3.63, 3.8) is 0 Å². The minimum atomic E-state index is -0.401. The summed E-state index contributed by atoms with van der Waals surface area (Å²) >= 11 is 0. The Morgan fingerprint density at radius 2 is 2.12 bits per heavy atom. The third-order valence-electron chi connectivity index (χ3n) is 2.30. The lowest BCUT2D eigenvalue weighted by molar-refractivity contribution is 0.128. The number of hydrogen-bond donors (Lipinski definition) is 2. The van der Waals surface area contributed by atoms with E-state index in [-0.39, 0.29) is 11.8 Å². The molecule has 0 aromatic heterocycles. The molecule has 0 aliphatic rings. The summed E-state index contributed by atoms with van der Waals surface area (Å²) in [6.07, 6.45) is 0.00273. The molecular formula is C11H17FN2O2. The first-order valence-electron chi connectivity index (χ1n) is 4.98. The summed E-state index contributed by atoms with van der Waals surface area (Å²) < 4.78 is 23.5. The van der Waals surface area contributed by atoms with E-state index in [1.807, 2.05) is 6.92 Å². The van der Waals surface area contributed by atoms with Crippen LogP contribution < -0.4 is 15.8 Å². The van der Waals surface area contributed by atoms with Crippen LogP contribution in [0.2, 0.25) is 0 Å². The molecule has 0 spiro atoms. The largest absolute Gasteiger partial charge is 0.495 e. The van der Waals surface area contributed by atoms with Crippen molar-refractivity contribution in [3.05, 3.63) is 17.9 Å². The van der Waals surface area contributed by atoms with Crippen LogP contribution in [0, 0.1) is 5.82 Å². The van der Waals surface area contributed by atoms with E-state index in [9.17, 15) is 4.39 Å². The summed E-state index contributed by atoms with van der Waals surface area (Å²) in [5.41, 5.74) is 6.20. The summed E-state index contributed by atoms with van der Waals surface area (Å²) in [6.45, 7) is 2.40. The first kappa shape index (κ1) is 12.6. The molecule has 1 aromatic rings. The maximum atomic E-state index is 13.5. The van der Waals surface area contributed by atoms with Crippen molar-refractivity contribution in [1.82, 2.24) is 0 Å². The van der Waals surface area contributed by atoms with Crippen LogP contribution >= 0.6 is 0 Å². The Bertz CT molecular complexity index is 358. The van der Waals surface area contributed by atoms with Gasteiger partial charge in [-0.3, -0.25) is 0 Å². The van der Waals surface area contributed by atoms with Crippen molar-refractivity contribution >= 4 is 11.4 Å². The quantitative estimate of drug-likeness (QED) is 0.755. The highest BCUT2D eigenvalue weighted by Crippen LogP contribution is 2.28. The van der Waals surface area contributed by atoms with E-state index in [0.717, 1.165) is 0 Å². The predicted octanol–water partition coefficient (Wildman–Crippen LogP) is 1.86. The van der Waals surface area contributed by atoms with Gasteiger partial charge in [0.05, 0.1) is 24.6 Å². The zero-order chi connectivity index (χ0) is 12.1. The average molecular weight is 228 g/mol. The van der Waals surface area contributed by atoms with Crippen LogP contribution in [0.3, 0.4) is 0 Å². The molecule has 0 fully saturated rings. The Balaban J connectivity index is 2.79. The summed E-state index contributed by atoms with van der Waals surface area (Å²) in [7, 11) is 3.09. The third kappa shape index (κ3) is 3.00. The molecule has 5 heteroatoms. The minimum absolute atomic E-state index is 0.00273. The van der Waals surface area contributed by atoms with E-state index in [4.69, 9.17) is 15.2 Å². The molecule has 3 N–H and O–H groups in total. The fraction of sp³-hybridized carbons (Fsp3) is 0.455. The van der Waals surface area contributed by atoms with Crippen molar-refractivity contribution < 1.29 is 13.9 Å². The summed E-state index contributed by atoms with van der Waals surface area (Å²) in [6, 6.07) is 2.77. The zero-order valence-electron chi connectivity index (χ0n) is 9.71. The first-order chi connectivity index (χ1) is 7.58. The minimum Gasteiger partial charge on any atom is -0.495 e. The van der Waals surface area contributed by atoms with Gasteiger partial charge < -0.3 is 20.5 Å². The molecular weight excluding hydrogens is 211 g/mol. The van der Waals surface area contributed by atoms with Crippen LogP contribution in [0.25, 0.3) is 0 Å². The third-order valence-corrected chi connectivity index (χ3v) is 2.30. The molecule has 1 atom stereocenters. The van der Waals surface area contributed by atoms with Gasteiger partial charge in [0.2, 0.25) is 0 Å². The van der Waals surface area contributed by atoms with Gasteiger partial charge in [0.15, 0.2) is 0 Å². The Hall–Kier alpha value is -1.49. The fourth-order valence-corrected chi connectivity index (χ4v) is 1.22. The van der Waals surface area contributed by atoms with Crippen molar-refractivity contribution in [3.8, 4) is 5.75 Å². The molecule has 0 saturated heterocycles. The van der Waals surface area contributed by atoms with Gasteiger partial charge in [-0.15, -0.1) is 0 Å². The Labute approximate surface area is 94.5 Å². The highest BCUT2D eigenvalue weighted by atomic mass is 19.1. The Kier molecular flexibility index (Phi) is 4.37. The summed E-state index contributed by atoms with van der Waals surface area (Å²) in [5, 5.41) is 2.93. The number of nitrogens with one attached hydrogen (secondary N) is 1. The predicted molar refractivity (Wildman–Crippen MR) is 62.3 cm³/mol. The second-order valence-electron chi connectivity index (χ2n) is 3.50. The molecule has 90 valence electrons. The Morgan fingerprint density at radius 3 is 2.69 bits per heavy atom. The topological polar surface area (TPSA) is 56.5 Å². The van der Waals surface area contributed by atoms with E-state index in [0.29, 0.717) is 18.0 Å². The van der Waals surface area contributed by atoms with Crippen LogP contribution in [0.5, 0.6) is 5.75 Å². The van der Waals surface area contributed by atoms with Crippen molar-refractivity contribution in [1.29, 1.82) is 0 Å². The first-order valence-corrected chi connectivity index (χ1v) is 4.98. The number of rotatable bonds is 5. The maximum absolute atomic E-state index is 13.5. The number of nitrogen functional groups attached to an aromatic ring is 1. The van der Waals surface area contributed by atoms with Gasteiger partial charge in [0.25, 0.3) is 0 Å². The molecule has 0 heterocycles. The number of hydrogen-bond acceptors (Lipinski definition) is 4. The average Bonchev–Trinajstić information content (AvgIpc) is 2.27. The monoisotopic (exact) mass is 228 g/mol. The highest BCUT2D eigenvalue weighted by molar-refractivity contribution is 5.62. The molecule has 1 aromatic carbocycles. The smallest absolute Gasteiger partial charge is 0.148 e. The van der Waals surface area contributed by atoms with Gasteiger partial charge >= 0.3 is 0 Å². The number of halogens is 1. The van der Waals surface area contributed by atoms with Gasteiger partial charge in [-0.2, -0.15) is 0 Å². The zero-order valence-corrected chi connectivity index (χ0v) is 9.71. The fourth-order valence-electron chi connectivity index (χ4n) is 1.22.